The lowest BCUT2D eigenvalue weighted by Gasteiger charge is -2.37. The van der Waals surface area contributed by atoms with Crippen LogP contribution in [0.3, 0.4) is 0 Å². The van der Waals surface area contributed by atoms with Crippen LogP contribution < -0.4 is 0 Å². The number of hydroxylamine groups is 2. The van der Waals surface area contributed by atoms with E-state index >= 15 is 0 Å². The second-order valence-electron chi connectivity index (χ2n) is 8.96. The summed E-state index contributed by atoms with van der Waals surface area (Å²) in [6.45, 7) is 8.21. The number of rotatable bonds is 11. The van der Waals surface area contributed by atoms with Gasteiger partial charge in [0.25, 0.3) is 0 Å². The van der Waals surface area contributed by atoms with Crippen LogP contribution in [-0.4, -0.2) is 59.2 Å². The van der Waals surface area contributed by atoms with Crippen LogP contribution in [0.5, 0.6) is 0 Å². The van der Waals surface area contributed by atoms with Crippen LogP contribution in [0.2, 0.25) is 0 Å². The number of carbonyl (C=O) groups is 2. The van der Waals surface area contributed by atoms with E-state index in [1.54, 1.807) is 0 Å². The van der Waals surface area contributed by atoms with Gasteiger partial charge in [-0.1, -0.05) is 39.5 Å². The third-order valence-electron chi connectivity index (χ3n) is 6.36. The molecule has 6 heteroatoms. The van der Waals surface area contributed by atoms with Crippen molar-refractivity contribution in [3.8, 4) is 0 Å². The molecule has 2 fully saturated rings. The van der Waals surface area contributed by atoms with Gasteiger partial charge < -0.3 is 9.94 Å². The van der Waals surface area contributed by atoms with E-state index in [2.05, 4.69) is 18.7 Å². The Morgan fingerprint density at radius 1 is 0.893 bits per heavy atom. The van der Waals surface area contributed by atoms with Crippen LogP contribution in [0.4, 0.5) is 0 Å². The van der Waals surface area contributed by atoms with Crippen molar-refractivity contribution in [1.29, 1.82) is 0 Å². The van der Waals surface area contributed by atoms with Crippen LogP contribution in [0.15, 0.2) is 0 Å². The second-order valence-corrected chi connectivity index (χ2v) is 8.96. The third kappa shape index (κ3) is 8.48. The standard InChI is InChI=1S/C22H40N2O4/c1-18-10-14-23(15-11-18)20(8-6-4-3-5-7-9-21(25)26)22(27)28-24-16-12-19(2)13-17-24/h18-20H,3-17H2,1-2H3,(H,25,26). The largest absolute Gasteiger partial charge is 0.481 e. The topological polar surface area (TPSA) is 70.1 Å². The van der Waals surface area contributed by atoms with Crippen molar-refractivity contribution >= 4 is 11.9 Å². The zero-order valence-corrected chi connectivity index (χ0v) is 17.9. The van der Waals surface area contributed by atoms with Crippen molar-refractivity contribution in [3.05, 3.63) is 0 Å². The fourth-order valence-electron chi connectivity index (χ4n) is 4.20. The van der Waals surface area contributed by atoms with E-state index in [1.807, 2.05) is 5.06 Å². The first-order valence-electron chi connectivity index (χ1n) is 11.4. The molecule has 2 rings (SSSR count). The summed E-state index contributed by atoms with van der Waals surface area (Å²) < 4.78 is 0. The van der Waals surface area contributed by atoms with Crippen LogP contribution in [0.25, 0.3) is 0 Å². The van der Waals surface area contributed by atoms with Gasteiger partial charge in [0.05, 0.1) is 0 Å². The molecule has 0 amide bonds. The predicted molar refractivity (Wildman–Crippen MR) is 110 cm³/mol. The number of carbonyl (C=O) groups excluding carboxylic acids is 1. The summed E-state index contributed by atoms with van der Waals surface area (Å²) in [6.07, 6.45) is 10.4. The number of hydrogen-bond donors (Lipinski definition) is 1. The van der Waals surface area contributed by atoms with Gasteiger partial charge in [0.2, 0.25) is 0 Å². The van der Waals surface area contributed by atoms with Gasteiger partial charge in [-0.2, -0.15) is 0 Å². The Morgan fingerprint density at radius 2 is 1.43 bits per heavy atom. The Kier molecular flexibility index (Phi) is 10.3. The van der Waals surface area contributed by atoms with Crippen LogP contribution in [0, 0.1) is 11.8 Å². The summed E-state index contributed by atoms with van der Waals surface area (Å²) in [4.78, 5) is 31.6. The van der Waals surface area contributed by atoms with Crippen molar-refractivity contribution in [2.75, 3.05) is 26.2 Å². The van der Waals surface area contributed by atoms with Gasteiger partial charge in [0, 0.05) is 19.5 Å². The molecule has 0 saturated carbocycles. The number of hydrogen-bond acceptors (Lipinski definition) is 5. The van der Waals surface area contributed by atoms with E-state index < -0.39 is 5.97 Å². The minimum atomic E-state index is -0.714. The first-order valence-corrected chi connectivity index (χ1v) is 11.4. The maximum Gasteiger partial charge on any atom is 0.342 e. The molecular weight excluding hydrogens is 356 g/mol. The molecule has 0 spiro atoms. The van der Waals surface area contributed by atoms with E-state index in [0.29, 0.717) is 0 Å². The molecule has 1 N–H and O–H groups in total. The Morgan fingerprint density at radius 3 is 2.04 bits per heavy atom. The Hall–Kier alpha value is -1.14. The number of nitrogens with zero attached hydrogens (tertiary/aromatic N) is 2. The number of piperidine rings is 2. The SMILES string of the molecule is CC1CCN(OC(=O)C(CCCCCCCC(=O)O)N2CCC(C)CC2)CC1. The zero-order valence-electron chi connectivity index (χ0n) is 17.9. The molecule has 0 aromatic carbocycles. The Labute approximate surface area is 170 Å². The highest BCUT2D eigenvalue weighted by Gasteiger charge is 2.31. The minimum absolute atomic E-state index is 0.0741. The first-order chi connectivity index (χ1) is 13.5. The summed E-state index contributed by atoms with van der Waals surface area (Å²) in [7, 11) is 0. The molecule has 2 aliphatic heterocycles. The van der Waals surface area contributed by atoms with Crippen molar-refractivity contribution in [2.24, 2.45) is 11.8 Å². The van der Waals surface area contributed by atoms with Gasteiger partial charge in [0.15, 0.2) is 0 Å². The van der Waals surface area contributed by atoms with Crippen molar-refractivity contribution in [3.63, 3.8) is 0 Å². The molecule has 28 heavy (non-hydrogen) atoms. The monoisotopic (exact) mass is 396 g/mol. The molecule has 6 nitrogen and oxygen atoms in total. The summed E-state index contributed by atoms with van der Waals surface area (Å²) in [5.41, 5.74) is 0. The quantitative estimate of drug-likeness (QED) is 0.531. The second kappa shape index (κ2) is 12.4. The molecule has 0 radical (unpaired) electrons. The zero-order chi connectivity index (χ0) is 20.4. The van der Waals surface area contributed by atoms with Gasteiger partial charge in [-0.3, -0.25) is 9.69 Å². The third-order valence-corrected chi connectivity index (χ3v) is 6.36. The van der Waals surface area contributed by atoms with Crippen molar-refractivity contribution < 1.29 is 19.5 Å². The number of likely N-dealkylation sites (tertiary alicyclic amines) is 1. The lowest BCUT2D eigenvalue weighted by molar-refractivity contribution is -0.203. The van der Waals surface area contributed by atoms with Gasteiger partial charge in [0.1, 0.15) is 6.04 Å². The highest BCUT2D eigenvalue weighted by atomic mass is 16.7. The molecule has 2 aliphatic rings. The first kappa shape index (κ1) is 23.1. The maximum absolute atomic E-state index is 12.9. The molecule has 0 aliphatic carbocycles. The molecule has 2 heterocycles. The van der Waals surface area contributed by atoms with Crippen molar-refractivity contribution in [2.45, 2.75) is 90.5 Å². The molecule has 162 valence electrons. The lowest BCUT2D eigenvalue weighted by Crippen LogP contribution is -2.48. The molecule has 1 unspecified atom stereocenters. The minimum Gasteiger partial charge on any atom is -0.481 e. The highest BCUT2D eigenvalue weighted by molar-refractivity contribution is 5.75. The van der Waals surface area contributed by atoms with Crippen LogP contribution in [-0.2, 0) is 14.4 Å². The number of aliphatic carboxylic acids is 1. The van der Waals surface area contributed by atoms with E-state index in [0.717, 1.165) is 102 Å². The van der Waals surface area contributed by atoms with Gasteiger partial charge >= 0.3 is 11.9 Å². The Balaban J connectivity index is 1.77. The predicted octanol–water partition coefficient (Wildman–Crippen LogP) is 4.09. The van der Waals surface area contributed by atoms with E-state index in [-0.39, 0.29) is 18.4 Å². The number of carboxylic acid groups (broad SMARTS) is 1. The highest BCUT2D eigenvalue weighted by Crippen LogP contribution is 2.23. The molecular formula is C22H40N2O4. The lowest BCUT2D eigenvalue weighted by atomic mass is 9.96. The van der Waals surface area contributed by atoms with Gasteiger partial charge in [-0.15, -0.1) is 5.06 Å². The summed E-state index contributed by atoms with van der Waals surface area (Å²) in [6, 6.07) is -0.133. The average molecular weight is 397 g/mol. The normalized spacial score (nSPS) is 21.5. The Bertz CT molecular complexity index is 469. The fourth-order valence-corrected chi connectivity index (χ4v) is 4.20. The smallest absolute Gasteiger partial charge is 0.342 e. The molecule has 1 atom stereocenters. The number of unbranched alkanes of at least 4 members (excludes halogenated alkanes) is 4. The molecule has 0 bridgehead atoms. The fraction of sp³-hybridized carbons (Fsp3) is 0.909. The van der Waals surface area contributed by atoms with Crippen LogP contribution in [0.1, 0.15) is 84.5 Å². The van der Waals surface area contributed by atoms with Gasteiger partial charge in [-0.05, 0) is 63.5 Å². The summed E-state index contributed by atoms with van der Waals surface area (Å²) in [5, 5.41) is 10.6. The van der Waals surface area contributed by atoms with E-state index in [9.17, 15) is 9.59 Å². The maximum atomic E-state index is 12.9. The number of carboxylic acids is 1. The van der Waals surface area contributed by atoms with Crippen LogP contribution >= 0.6 is 0 Å². The summed E-state index contributed by atoms with van der Waals surface area (Å²) in [5.74, 6) is 0.672. The molecule has 0 aromatic rings. The van der Waals surface area contributed by atoms with E-state index in [1.165, 1.54) is 0 Å². The average Bonchev–Trinajstić information content (AvgIpc) is 2.66. The molecule has 0 aromatic heterocycles. The van der Waals surface area contributed by atoms with Crippen molar-refractivity contribution in [1.82, 2.24) is 9.96 Å². The van der Waals surface area contributed by atoms with Gasteiger partial charge in [-0.25, -0.2) is 4.79 Å². The summed E-state index contributed by atoms with van der Waals surface area (Å²) >= 11 is 0. The van der Waals surface area contributed by atoms with E-state index in [4.69, 9.17) is 9.94 Å². The molecule has 2 saturated heterocycles.